The summed E-state index contributed by atoms with van der Waals surface area (Å²) in [4.78, 5) is 54.9. The van der Waals surface area contributed by atoms with Crippen molar-refractivity contribution in [1.29, 1.82) is 0 Å². The predicted molar refractivity (Wildman–Crippen MR) is 135 cm³/mol. The third kappa shape index (κ3) is 5.02. The third-order valence-corrected chi connectivity index (χ3v) is 6.41. The summed E-state index contributed by atoms with van der Waals surface area (Å²) in [7, 11) is 1.62. The standard InChI is InChI=1S/C26H29N7O3/c1-4-21(18-6-5-16(2)30-15-18)31-26(36)33-23(25(35)32(3)19-8-10-28-11-9-19)20(24(33)34)13-17-7-12-29-22(27)14-17/h5-12,14-15,20-21,23H,4,13H2,1-3H3,(H2,27,29)(H,31,36)/t20-,21?,23+/m1/s1. The first kappa shape index (κ1) is 24.8. The molecule has 4 amide bonds. The van der Waals surface area contributed by atoms with E-state index in [1.165, 1.54) is 4.90 Å². The highest BCUT2D eigenvalue weighted by Gasteiger charge is 2.55. The predicted octanol–water partition coefficient (Wildman–Crippen LogP) is 2.66. The summed E-state index contributed by atoms with van der Waals surface area (Å²) in [5.74, 6) is -1.17. The SMILES string of the molecule is CCC(NC(=O)N1C(=O)[C@H](Cc2ccnc(N)c2)[C@H]1C(=O)N(C)c1ccncc1)c1ccc(C)nc1. The van der Waals surface area contributed by atoms with Gasteiger partial charge in [0.1, 0.15) is 11.9 Å². The Morgan fingerprint density at radius 1 is 1.14 bits per heavy atom. The number of likely N-dealkylation sites (N-methyl/N-ethyl adjacent to an activating group) is 1. The minimum Gasteiger partial charge on any atom is -0.384 e. The highest BCUT2D eigenvalue weighted by molar-refractivity contribution is 6.12. The number of imide groups is 1. The van der Waals surface area contributed by atoms with E-state index in [1.54, 1.807) is 56.1 Å². The lowest BCUT2D eigenvalue weighted by molar-refractivity contribution is -0.156. The average molecular weight is 488 g/mol. The number of nitrogen functional groups attached to an aromatic ring is 1. The van der Waals surface area contributed by atoms with Crippen molar-refractivity contribution >= 4 is 29.4 Å². The fourth-order valence-electron chi connectivity index (χ4n) is 4.35. The van der Waals surface area contributed by atoms with Crippen LogP contribution in [0.2, 0.25) is 0 Å². The molecule has 1 fully saturated rings. The molecule has 0 spiro atoms. The van der Waals surface area contributed by atoms with Crippen LogP contribution in [0.4, 0.5) is 16.3 Å². The Labute approximate surface area is 209 Å². The van der Waals surface area contributed by atoms with Gasteiger partial charge in [-0.1, -0.05) is 13.0 Å². The van der Waals surface area contributed by atoms with Gasteiger partial charge < -0.3 is 16.0 Å². The van der Waals surface area contributed by atoms with Crippen LogP contribution in [-0.2, 0) is 16.0 Å². The molecule has 3 atom stereocenters. The molecule has 3 aromatic rings. The maximum atomic E-state index is 13.6. The lowest BCUT2D eigenvalue weighted by atomic mass is 9.81. The first-order valence-electron chi connectivity index (χ1n) is 11.7. The molecular weight excluding hydrogens is 458 g/mol. The van der Waals surface area contributed by atoms with E-state index < -0.39 is 23.9 Å². The third-order valence-electron chi connectivity index (χ3n) is 6.41. The zero-order valence-electron chi connectivity index (χ0n) is 20.5. The Bertz CT molecular complexity index is 1250. The Morgan fingerprint density at radius 2 is 1.89 bits per heavy atom. The van der Waals surface area contributed by atoms with Crippen molar-refractivity contribution in [1.82, 2.24) is 25.2 Å². The second-order valence-corrected chi connectivity index (χ2v) is 8.80. The van der Waals surface area contributed by atoms with Gasteiger partial charge in [-0.2, -0.15) is 0 Å². The van der Waals surface area contributed by atoms with E-state index in [4.69, 9.17) is 5.73 Å². The van der Waals surface area contributed by atoms with Crippen LogP contribution in [0.5, 0.6) is 0 Å². The minimum atomic E-state index is -0.973. The molecule has 1 aliphatic heterocycles. The number of nitrogens with one attached hydrogen (secondary N) is 1. The molecule has 0 aliphatic carbocycles. The molecule has 3 aromatic heterocycles. The number of aryl methyl sites for hydroxylation is 1. The van der Waals surface area contributed by atoms with Gasteiger partial charge in [0, 0.05) is 43.2 Å². The number of likely N-dealkylation sites (tertiary alicyclic amines) is 1. The fraction of sp³-hybridized carbons (Fsp3) is 0.308. The molecule has 186 valence electrons. The highest BCUT2D eigenvalue weighted by Crippen LogP contribution is 2.33. The van der Waals surface area contributed by atoms with Gasteiger partial charge in [0.25, 0.3) is 5.91 Å². The maximum Gasteiger partial charge on any atom is 0.325 e. The van der Waals surface area contributed by atoms with Crippen LogP contribution >= 0.6 is 0 Å². The van der Waals surface area contributed by atoms with E-state index in [1.807, 2.05) is 26.0 Å². The summed E-state index contributed by atoms with van der Waals surface area (Å²) in [5.41, 5.74) is 8.86. The number of β-lactam (4-membered cyclic amide) rings is 1. The minimum absolute atomic E-state index is 0.259. The summed E-state index contributed by atoms with van der Waals surface area (Å²) < 4.78 is 0. The topological polar surface area (TPSA) is 134 Å². The Kier molecular flexibility index (Phi) is 7.23. The molecule has 0 saturated carbocycles. The maximum absolute atomic E-state index is 13.6. The molecule has 1 aliphatic rings. The lowest BCUT2D eigenvalue weighted by Crippen LogP contribution is -2.70. The number of pyridine rings is 3. The molecule has 1 saturated heterocycles. The molecule has 3 N–H and O–H groups in total. The van der Waals surface area contributed by atoms with Gasteiger partial charge >= 0.3 is 6.03 Å². The second kappa shape index (κ2) is 10.5. The van der Waals surface area contributed by atoms with Crippen LogP contribution in [0, 0.1) is 12.8 Å². The Hall–Kier alpha value is -4.34. The molecule has 4 rings (SSSR count). The van der Waals surface area contributed by atoms with E-state index in [0.717, 1.165) is 21.7 Å². The number of nitrogens with zero attached hydrogens (tertiary/aromatic N) is 5. The molecule has 4 heterocycles. The number of carbonyl (C=O) groups excluding carboxylic acids is 3. The van der Waals surface area contributed by atoms with Crippen LogP contribution in [0.15, 0.2) is 61.2 Å². The first-order valence-corrected chi connectivity index (χ1v) is 11.7. The van der Waals surface area contributed by atoms with E-state index in [2.05, 4.69) is 20.3 Å². The first-order chi connectivity index (χ1) is 17.3. The zero-order valence-corrected chi connectivity index (χ0v) is 20.5. The van der Waals surface area contributed by atoms with Crippen molar-refractivity contribution in [2.45, 2.75) is 38.8 Å². The summed E-state index contributed by atoms with van der Waals surface area (Å²) in [6.45, 7) is 3.81. The van der Waals surface area contributed by atoms with Crippen LogP contribution in [0.25, 0.3) is 0 Å². The number of hydrogen-bond donors (Lipinski definition) is 2. The van der Waals surface area contributed by atoms with Crippen molar-refractivity contribution in [2.24, 2.45) is 5.92 Å². The van der Waals surface area contributed by atoms with Gasteiger partial charge in [-0.15, -0.1) is 0 Å². The highest BCUT2D eigenvalue weighted by atomic mass is 16.2. The van der Waals surface area contributed by atoms with E-state index in [9.17, 15) is 14.4 Å². The average Bonchev–Trinajstić information content (AvgIpc) is 2.89. The normalized spacial score (nSPS) is 17.8. The molecule has 10 heteroatoms. The molecule has 0 aromatic carbocycles. The largest absolute Gasteiger partial charge is 0.384 e. The summed E-state index contributed by atoms with van der Waals surface area (Å²) in [6, 6.07) is 8.62. The van der Waals surface area contributed by atoms with Gasteiger partial charge in [0.05, 0.1) is 12.0 Å². The van der Waals surface area contributed by atoms with Crippen LogP contribution < -0.4 is 16.0 Å². The molecular formula is C26H29N7O3. The van der Waals surface area contributed by atoms with E-state index >= 15 is 0 Å². The van der Waals surface area contributed by atoms with Gasteiger partial charge in [0.15, 0.2) is 0 Å². The number of urea groups is 1. The van der Waals surface area contributed by atoms with Crippen LogP contribution in [0.1, 0.15) is 36.2 Å². The molecule has 0 bridgehead atoms. The van der Waals surface area contributed by atoms with Crippen molar-refractivity contribution < 1.29 is 14.4 Å². The van der Waals surface area contributed by atoms with Gasteiger partial charge in [0.2, 0.25) is 5.91 Å². The summed E-state index contributed by atoms with van der Waals surface area (Å²) in [5, 5.41) is 2.91. The van der Waals surface area contributed by atoms with Crippen molar-refractivity contribution in [3.05, 3.63) is 78.0 Å². The van der Waals surface area contributed by atoms with Gasteiger partial charge in [-0.25, -0.2) is 9.78 Å². The number of nitrogens with two attached hydrogens (primary N) is 1. The number of hydrogen-bond acceptors (Lipinski definition) is 7. The molecule has 36 heavy (non-hydrogen) atoms. The van der Waals surface area contributed by atoms with Crippen molar-refractivity contribution in [2.75, 3.05) is 17.7 Å². The van der Waals surface area contributed by atoms with E-state index in [-0.39, 0.29) is 18.4 Å². The Morgan fingerprint density at radius 3 is 2.53 bits per heavy atom. The monoisotopic (exact) mass is 487 g/mol. The van der Waals surface area contributed by atoms with Gasteiger partial charge in [-0.3, -0.25) is 24.5 Å². The van der Waals surface area contributed by atoms with E-state index in [0.29, 0.717) is 17.9 Å². The number of rotatable bonds is 7. The molecule has 1 unspecified atom stereocenters. The van der Waals surface area contributed by atoms with Crippen molar-refractivity contribution in [3.63, 3.8) is 0 Å². The number of aromatic nitrogens is 3. The van der Waals surface area contributed by atoms with Crippen molar-refractivity contribution in [3.8, 4) is 0 Å². The summed E-state index contributed by atoms with van der Waals surface area (Å²) in [6.07, 6.45) is 7.27. The fourth-order valence-corrected chi connectivity index (χ4v) is 4.35. The van der Waals surface area contributed by atoms with Crippen LogP contribution in [0.3, 0.4) is 0 Å². The smallest absolute Gasteiger partial charge is 0.325 e. The lowest BCUT2D eigenvalue weighted by Gasteiger charge is -2.46. The Balaban J connectivity index is 1.59. The molecule has 10 nitrogen and oxygen atoms in total. The second-order valence-electron chi connectivity index (χ2n) is 8.80. The zero-order chi connectivity index (χ0) is 25.8. The number of amides is 4. The quantitative estimate of drug-likeness (QED) is 0.489. The van der Waals surface area contributed by atoms with Gasteiger partial charge in [-0.05, 0) is 61.2 Å². The summed E-state index contributed by atoms with van der Waals surface area (Å²) >= 11 is 0. The number of anilines is 2. The number of carbonyl (C=O) groups is 3. The molecule has 0 radical (unpaired) electrons. The van der Waals surface area contributed by atoms with Crippen LogP contribution in [-0.4, -0.2) is 50.8 Å².